The molecule has 1 aliphatic rings. The molecule has 0 bridgehead atoms. The van der Waals surface area contributed by atoms with Crippen molar-refractivity contribution < 1.29 is 23.9 Å². The molecule has 1 heterocycles. The normalized spacial score (nSPS) is 13.1. The number of carbonyl (C=O) groups is 4. The molecule has 0 unspecified atom stereocenters. The van der Waals surface area contributed by atoms with E-state index in [0.29, 0.717) is 17.8 Å². The Morgan fingerprint density at radius 3 is 2.11 bits per heavy atom. The van der Waals surface area contributed by atoms with E-state index in [1.165, 1.54) is 31.4 Å². The number of ether oxygens (including phenoxy) is 1. The Morgan fingerprint density at radius 1 is 0.857 bits per heavy atom. The summed E-state index contributed by atoms with van der Waals surface area (Å²) in [4.78, 5) is 50.5. The van der Waals surface area contributed by atoms with Crippen LogP contribution in [0.2, 0.25) is 0 Å². The molecule has 3 aromatic rings. The average Bonchev–Trinajstić information content (AvgIpc) is 3.10. The molecule has 0 aliphatic carbocycles. The molecule has 4 rings (SSSR count). The summed E-state index contributed by atoms with van der Waals surface area (Å²) in [6.45, 7) is 0.398. The maximum absolute atomic E-state index is 12.9. The van der Waals surface area contributed by atoms with E-state index in [2.05, 4.69) is 15.4 Å². The molecule has 176 valence electrons. The zero-order valence-corrected chi connectivity index (χ0v) is 19.3. The third-order valence-corrected chi connectivity index (χ3v) is 5.64. The van der Waals surface area contributed by atoms with Crippen LogP contribution >= 0.6 is 11.6 Å². The van der Waals surface area contributed by atoms with Crippen molar-refractivity contribution in [2.24, 2.45) is 0 Å². The number of nitrogens with zero attached hydrogens (tertiary/aromatic N) is 1. The van der Waals surface area contributed by atoms with E-state index < -0.39 is 17.8 Å². The molecule has 0 saturated heterocycles. The molecule has 35 heavy (non-hydrogen) atoms. The maximum Gasteiger partial charge on any atom is 0.337 e. The van der Waals surface area contributed by atoms with Gasteiger partial charge in [0.2, 0.25) is 0 Å². The lowest BCUT2D eigenvalue weighted by molar-refractivity contribution is -0.120. The van der Waals surface area contributed by atoms with Crippen molar-refractivity contribution in [3.63, 3.8) is 0 Å². The van der Waals surface area contributed by atoms with Crippen LogP contribution in [0.25, 0.3) is 0 Å². The molecule has 1 aliphatic heterocycles. The molecule has 9 heteroatoms. The molecule has 0 atom stereocenters. The van der Waals surface area contributed by atoms with Gasteiger partial charge in [-0.2, -0.15) is 0 Å². The Hall–Kier alpha value is -4.43. The van der Waals surface area contributed by atoms with Gasteiger partial charge in [-0.3, -0.25) is 14.4 Å². The largest absolute Gasteiger partial charge is 0.465 e. The average molecular weight is 490 g/mol. The second-order valence-corrected chi connectivity index (χ2v) is 7.92. The lowest BCUT2D eigenvalue weighted by atomic mass is 10.1. The van der Waals surface area contributed by atoms with Crippen molar-refractivity contribution in [2.45, 2.75) is 6.54 Å². The van der Waals surface area contributed by atoms with E-state index in [1.807, 2.05) is 30.3 Å². The standard InChI is InChI=1S/C26H20ClN3O5/c1-35-26(34)18-9-13-20(14-10-18)30-24(32)21(27)22(25(30)33)29-19-11-7-17(8-12-19)23(31)28-15-16-5-3-2-4-6-16/h2-14,29H,15H2,1H3,(H,28,31). The number of halogens is 1. The van der Waals surface area contributed by atoms with Crippen LogP contribution in [-0.4, -0.2) is 30.8 Å². The quantitative estimate of drug-likeness (QED) is 0.386. The van der Waals surface area contributed by atoms with Gasteiger partial charge >= 0.3 is 5.97 Å². The first-order valence-electron chi connectivity index (χ1n) is 10.5. The van der Waals surface area contributed by atoms with Gasteiger partial charge in [-0.25, -0.2) is 9.69 Å². The predicted octanol–water partition coefficient (Wildman–Crippen LogP) is 3.84. The van der Waals surface area contributed by atoms with Gasteiger partial charge in [-0.05, 0) is 54.1 Å². The summed E-state index contributed by atoms with van der Waals surface area (Å²) in [5, 5.41) is 5.44. The number of carbonyl (C=O) groups excluding carboxylic acids is 4. The van der Waals surface area contributed by atoms with Crippen LogP contribution in [0.1, 0.15) is 26.3 Å². The van der Waals surface area contributed by atoms with Gasteiger partial charge in [-0.15, -0.1) is 0 Å². The van der Waals surface area contributed by atoms with Crippen molar-refractivity contribution >= 4 is 46.7 Å². The summed E-state index contributed by atoms with van der Waals surface area (Å²) in [6.07, 6.45) is 0. The first-order valence-corrected chi connectivity index (χ1v) is 10.9. The summed E-state index contributed by atoms with van der Waals surface area (Å²) in [5.74, 6) is -2.12. The lowest BCUT2D eigenvalue weighted by Crippen LogP contribution is -2.32. The first-order chi connectivity index (χ1) is 16.9. The fourth-order valence-electron chi connectivity index (χ4n) is 3.44. The number of hydrogen-bond acceptors (Lipinski definition) is 6. The van der Waals surface area contributed by atoms with Crippen LogP contribution in [0.3, 0.4) is 0 Å². The molecule has 0 aromatic heterocycles. The number of anilines is 2. The van der Waals surface area contributed by atoms with E-state index in [0.717, 1.165) is 10.5 Å². The SMILES string of the molecule is COC(=O)c1ccc(N2C(=O)C(Cl)=C(Nc3ccc(C(=O)NCc4ccccc4)cc3)C2=O)cc1. The molecular formula is C26H20ClN3O5. The van der Waals surface area contributed by atoms with Crippen LogP contribution in [0.5, 0.6) is 0 Å². The summed E-state index contributed by atoms with van der Waals surface area (Å²) in [5.41, 5.74) is 2.34. The number of benzene rings is 3. The molecular weight excluding hydrogens is 470 g/mol. The van der Waals surface area contributed by atoms with E-state index >= 15 is 0 Å². The van der Waals surface area contributed by atoms with Gasteiger partial charge in [0.1, 0.15) is 10.7 Å². The van der Waals surface area contributed by atoms with Gasteiger partial charge in [0.05, 0.1) is 18.4 Å². The highest BCUT2D eigenvalue weighted by Crippen LogP contribution is 2.30. The van der Waals surface area contributed by atoms with Crippen molar-refractivity contribution in [1.29, 1.82) is 0 Å². The highest BCUT2D eigenvalue weighted by Gasteiger charge is 2.39. The number of amides is 3. The van der Waals surface area contributed by atoms with E-state index in [-0.39, 0.29) is 27.9 Å². The Bertz CT molecular complexity index is 1320. The summed E-state index contributed by atoms with van der Waals surface area (Å²) < 4.78 is 4.65. The predicted molar refractivity (Wildman–Crippen MR) is 131 cm³/mol. The fraction of sp³-hybridized carbons (Fsp3) is 0.0769. The van der Waals surface area contributed by atoms with Crippen LogP contribution in [0, 0.1) is 0 Å². The van der Waals surface area contributed by atoms with Gasteiger partial charge in [0.15, 0.2) is 0 Å². The molecule has 0 saturated carbocycles. The first kappa shape index (κ1) is 23.7. The Kier molecular flexibility index (Phi) is 6.93. The minimum Gasteiger partial charge on any atom is -0.465 e. The number of rotatable bonds is 7. The molecule has 2 N–H and O–H groups in total. The van der Waals surface area contributed by atoms with Crippen molar-refractivity contribution in [2.75, 3.05) is 17.3 Å². The molecule has 0 fully saturated rings. The minimum absolute atomic E-state index is 0.0880. The minimum atomic E-state index is -0.693. The van der Waals surface area contributed by atoms with Crippen molar-refractivity contribution in [3.8, 4) is 0 Å². The summed E-state index contributed by atoms with van der Waals surface area (Å²) in [6, 6.07) is 21.8. The van der Waals surface area contributed by atoms with Gasteiger partial charge < -0.3 is 15.4 Å². The number of esters is 1. The molecule has 8 nitrogen and oxygen atoms in total. The number of nitrogens with one attached hydrogen (secondary N) is 2. The van der Waals surface area contributed by atoms with E-state index in [9.17, 15) is 19.2 Å². The number of imide groups is 1. The summed E-state index contributed by atoms with van der Waals surface area (Å²) in [7, 11) is 1.26. The van der Waals surface area contributed by atoms with Crippen molar-refractivity contribution in [3.05, 3.63) is 106 Å². The van der Waals surface area contributed by atoms with E-state index in [4.69, 9.17) is 11.6 Å². The van der Waals surface area contributed by atoms with Gasteiger partial charge in [-0.1, -0.05) is 41.9 Å². The fourth-order valence-corrected chi connectivity index (χ4v) is 3.65. The Balaban J connectivity index is 1.43. The zero-order chi connectivity index (χ0) is 24.9. The van der Waals surface area contributed by atoms with Crippen LogP contribution < -0.4 is 15.5 Å². The third-order valence-electron chi connectivity index (χ3n) is 5.29. The van der Waals surface area contributed by atoms with Crippen LogP contribution in [-0.2, 0) is 20.9 Å². The second-order valence-electron chi connectivity index (χ2n) is 7.54. The number of hydrogen-bond donors (Lipinski definition) is 2. The highest BCUT2D eigenvalue weighted by atomic mass is 35.5. The summed E-state index contributed by atoms with van der Waals surface area (Å²) >= 11 is 6.17. The smallest absolute Gasteiger partial charge is 0.337 e. The van der Waals surface area contributed by atoms with E-state index in [1.54, 1.807) is 24.3 Å². The van der Waals surface area contributed by atoms with Crippen molar-refractivity contribution in [1.82, 2.24) is 5.32 Å². The molecule has 3 aromatic carbocycles. The lowest BCUT2D eigenvalue weighted by Gasteiger charge is -2.15. The number of methoxy groups -OCH3 is 1. The topological polar surface area (TPSA) is 105 Å². The van der Waals surface area contributed by atoms with Crippen LogP contribution in [0.4, 0.5) is 11.4 Å². The highest BCUT2D eigenvalue weighted by molar-refractivity contribution is 6.53. The van der Waals surface area contributed by atoms with Gasteiger partial charge in [0, 0.05) is 17.8 Å². The Morgan fingerprint density at radius 2 is 1.49 bits per heavy atom. The monoisotopic (exact) mass is 489 g/mol. The Labute approximate surface area is 206 Å². The molecule has 0 radical (unpaired) electrons. The third kappa shape index (κ3) is 5.07. The molecule has 3 amide bonds. The second kappa shape index (κ2) is 10.2. The zero-order valence-electron chi connectivity index (χ0n) is 18.6. The maximum atomic E-state index is 12.9. The van der Waals surface area contributed by atoms with Crippen LogP contribution in [0.15, 0.2) is 89.6 Å². The molecule has 0 spiro atoms. The van der Waals surface area contributed by atoms with Gasteiger partial charge in [0.25, 0.3) is 17.7 Å².